The molecule has 0 spiro atoms. The van der Waals surface area contributed by atoms with Gasteiger partial charge in [0.1, 0.15) is 30.4 Å². The number of anilines is 1. The molecule has 2 aromatic heterocycles. The first-order valence-corrected chi connectivity index (χ1v) is 9.36. The summed E-state index contributed by atoms with van der Waals surface area (Å²) in [7, 11) is 3.53. The Labute approximate surface area is 169 Å². The van der Waals surface area contributed by atoms with Crippen molar-refractivity contribution in [3.8, 4) is 11.5 Å². The van der Waals surface area contributed by atoms with E-state index in [0.29, 0.717) is 25.6 Å². The fourth-order valence-electron chi connectivity index (χ4n) is 2.94. The number of allylic oxidation sites excluding steroid dienone is 1. The van der Waals surface area contributed by atoms with Gasteiger partial charge in [0.05, 0.1) is 36.4 Å². The van der Waals surface area contributed by atoms with Crippen LogP contribution in [0.4, 0.5) is 5.69 Å². The normalized spacial score (nSPS) is 13.6. The molecule has 0 amide bonds. The highest BCUT2D eigenvalue weighted by Crippen LogP contribution is 2.24. The second kappa shape index (κ2) is 8.74. The second-order valence-electron chi connectivity index (χ2n) is 6.63. The monoisotopic (exact) mass is 393 g/mol. The molecule has 0 N–H and O–H groups in total. The lowest BCUT2D eigenvalue weighted by molar-refractivity contribution is 0.146. The van der Waals surface area contributed by atoms with Crippen LogP contribution in [0.1, 0.15) is 6.42 Å². The number of hydrogen-bond acceptors (Lipinski definition) is 7. The lowest BCUT2D eigenvalue weighted by Crippen LogP contribution is -2.20. The van der Waals surface area contributed by atoms with Crippen LogP contribution in [0, 0.1) is 0 Å². The first-order valence-electron chi connectivity index (χ1n) is 9.36. The van der Waals surface area contributed by atoms with Gasteiger partial charge in [0, 0.05) is 32.2 Å². The van der Waals surface area contributed by atoms with Gasteiger partial charge in [0.2, 0.25) is 0 Å². The van der Waals surface area contributed by atoms with Crippen LogP contribution in [0.15, 0.2) is 60.2 Å². The Bertz CT molecular complexity index is 1040. The van der Waals surface area contributed by atoms with Gasteiger partial charge in [-0.15, -0.1) is 0 Å². The number of pyridine rings is 1. The summed E-state index contributed by atoms with van der Waals surface area (Å²) in [6.45, 7) is 1.43. The van der Waals surface area contributed by atoms with E-state index in [2.05, 4.69) is 21.3 Å². The van der Waals surface area contributed by atoms with Crippen LogP contribution in [0.5, 0.6) is 11.5 Å². The van der Waals surface area contributed by atoms with Crippen molar-refractivity contribution in [1.29, 1.82) is 0 Å². The molecule has 1 aromatic carbocycles. The smallest absolute Gasteiger partial charge is 0.138 e. The number of nitrogens with zero attached hydrogens (tertiary/aromatic N) is 5. The average Bonchev–Trinajstić information content (AvgIpc) is 3.19. The topological polar surface area (TPSA) is 74.0 Å². The molecule has 0 bridgehead atoms. The molecule has 0 radical (unpaired) electrons. The predicted molar refractivity (Wildman–Crippen MR) is 111 cm³/mol. The molecule has 3 heterocycles. The largest absolute Gasteiger partial charge is 0.490 e. The van der Waals surface area contributed by atoms with E-state index in [1.165, 1.54) is 0 Å². The Morgan fingerprint density at radius 3 is 2.79 bits per heavy atom. The van der Waals surface area contributed by atoms with Crippen molar-refractivity contribution in [2.75, 3.05) is 31.9 Å². The van der Waals surface area contributed by atoms with Crippen LogP contribution in [0.2, 0.25) is 0 Å². The minimum absolute atomic E-state index is 0.407. The molecule has 29 heavy (non-hydrogen) atoms. The third-order valence-corrected chi connectivity index (χ3v) is 4.39. The zero-order chi connectivity index (χ0) is 20.1. The van der Waals surface area contributed by atoms with Gasteiger partial charge in [0.15, 0.2) is 0 Å². The number of ether oxygens (including phenoxy) is 3. The van der Waals surface area contributed by atoms with E-state index in [1.54, 1.807) is 24.2 Å². The fraction of sp³-hybridized carbons (Fsp3) is 0.286. The van der Waals surface area contributed by atoms with E-state index >= 15 is 0 Å². The zero-order valence-electron chi connectivity index (χ0n) is 16.5. The van der Waals surface area contributed by atoms with Crippen molar-refractivity contribution in [1.82, 2.24) is 14.8 Å². The number of fused-ring (bicyclic) bond motifs is 1. The molecule has 0 saturated heterocycles. The van der Waals surface area contributed by atoms with E-state index in [4.69, 9.17) is 14.2 Å². The molecule has 0 fully saturated rings. The Morgan fingerprint density at radius 1 is 1.07 bits per heavy atom. The van der Waals surface area contributed by atoms with Crippen molar-refractivity contribution in [3.05, 3.63) is 55.1 Å². The summed E-state index contributed by atoms with van der Waals surface area (Å²) in [5, 5.41) is 11.6. The van der Waals surface area contributed by atoms with E-state index in [0.717, 1.165) is 34.5 Å². The van der Waals surface area contributed by atoms with E-state index in [1.807, 2.05) is 48.7 Å². The maximum Gasteiger partial charge on any atom is 0.138 e. The zero-order valence-corrected chi connectivity index (χ0v) is 16.5. The van der Waals surface area contributed by atoms with Crippen molar-refractivity contribution in [3.63, 3.8) is 0 Å². The molecule has 8 nitrogen and oxygen atoms in total. The summed E-state index contributed by atoms with van der Waals surface area (Å²) >= 11 is 0. The molecule has 0 aliphatic carbocycles. The first kappa shape index (κ1) is 18.9. The van der Waals surface area contributed by atoms with Crippen LogP contribution >= 0.6 is 0 Å². The highest BCUT2D eigenvalue weighted by Gasteiger charge is 2.11. The molecular formula is C21H23N5O3. The standard InChI is InChI=1S/C21H23N5O3/c1-25-14-18(12-23-25)26-7-3-4-17(24-26)15-29-19-5-6-21-16(10-19)11-20(13-22-21)28-9-8-27-2/h3,5-7,10-14H,4,8-9,15H2,1-2H3. The molecular weight excluding hydrogens is 370 g/mol. The lowest BCUT2D eigenvalue weighted by Gasteiger charge is -2.18. The Hall–Kier alpha value is -3.39. The van der Waals surface area contributed by atoms with Gasteiger partial charge in [-0.3, -0.25) is 9.67 Å². The van der Waals surface area contributed by atoms with Crippen LogP contribution in [0.25, 0.3) is 10.9 Å². The van der Waals surface area contributed by atoms with Crippen molar-refractivity contribution >= 4 is 22.3 Å². The number of hydrogen-bond donors (Lipinski definition) is 0. The molecule has 4 rings (SSSR count). The minimum atomic E-state index is 0.407. The fourth-order valence-corrected chi connectivity index (χ4v) is 2.94. The SMILES string of the molecule is COCCOc1cnc2ccc(OCC3=NN(c4cnn(C)c4)C=CC3)cc2c1. The number of aryl methyl sites for hydroxylation is 1. The van der Waals surface area contributed by atoms with Gasteiger partial charge in [-0.1, -0.05) is 6.08 Å². The summed E-state index contributed by atoms with van der Waals surface area (Å²) in [6, 6.07) is 7.77. The van der Waals surface area contributed by atoms with Crippen LogP contribution in [-0.2, 0) is 11.8 Å². The van der Waals surface area contributed by atoms with Crippen LogP contribution in [0.3, 0.4) is 0 Å². The molecule has 1 aliphatic rings. The quantitative estimate of drug-likeness (QED) is 0.548. The predicted octanol–water partition coefficient (Wildman–Crippen LogP) is 3.15. The molecule has 0 atom stereocenters. The molecule has 0 saturated carbocycles. The number of methoxy groups -OCH3 is 1. The minimum Gasteiger partial charge on any atom is -0.490 e. The molecule has 1 aliphatic heterocycles. The van der Waals surface area contributed by atoms with E-state index < -0.39 is 0 Å². The van der Waals surface area contributed by atoms with Crippen molar-refractivity contribution < 1.29 is 14.2 Å². The third kappa shape index (κ3) is 4.72. The van der Waals surface area contributed by atoms with Gasteiger partial charge >= 0.3 is 0 Å². The number of aromatic nitrogens is 3. The maximum absolute atomic E-state index is 5.98. The van der Waals surface area contributed by atoms with Crippen molar-refractivity contribution in [2.24, 2.45) is 12.1 Å². The van der Waals surface area contributed by atoms with Gasteiger partial charge in [0.25, 0.3) is 0 Å². The molecule has 8 heteroatoms. The summed E-state index contributed by atoms with van der Waals surface area (Å²) < 4.78 is 18.4. The van der Waals surface area contributed by atoms with E-state index in [-0.39, 0.29) is 0 Å². The number of rotatable bonds is 8. The van der Waals surface area contributed by atoms with Gasteiger partial charge in [-0.25, -0.2) is 5.01 Å². The Balaban J connectivity index is 1.42. The van der Waals surface area contributed by atoms with Crippen LogP contribution in [-0.4, -0.2) is 47.4 Å². The molecule has 0 unspecified atom stereocenters. The van der Waals surface area contributed by atoms with Gasteiger partial charge < -0.3 is 14.2 Å². The van der Waals surface area contributed by atoms with E-state index in [9.17, 15) is 0 Å². The third-order valence-electron chi connectivity index (χ3n) is 4.39. The highest BCUT2D eigenvalue weighted by molar-refractivity contribution is 5.89. The maximum atomic E-state index is 5.98. The average molecular weight is 393 g/mol. The Kier molecular flexibility index (Phi) is 5.71. The van der Waals surface area contributed by atoms with Crippen LogP contribution < -0.4 is 14.5 Å². The summed E-state index contributed by atoms with van der Waals surface area (Å²) in [5.41, 5.74) is 2.74. The molecule has 3 aromatic rings. The summed E-state index contributed by atoms with van der Waals surface area (Å²) in [4.78, 5) is 4.43. The number of benzene rings is 1. The van der Waals surface area contributed by atoms with Gasteiger partial charge in [-0.2, -0.15) is 10.2 Å². The Morgan fingerprint density at radius 2 is 1.97 bits per heavy atom. The highest BCUT2D eigenvalue weighted by atomic mass is 16.5. The summed E-state index contributed by atoms with van der Waals surface area (Å²) in [6.07, 6.45) is 10.2. The van der Waals surface area contributed by atoms with Crippen molar-refractivity contribution in [2.45, 2.75) is 6.42 Å². The first-order chi connectivity index (χ1) is 14.2. The second-order valence-corrected chi connectivity index (χ2v) is 6.63. The molecule has 150 valence electrons. The lowest BCUT2D eigenvalue weighted by atomic mass is 10.2. The number of hydrazone groups is 1. The van der Waals surface area contributed by atoms with Gasteiger partial charge in [-0.05, 0) is 24.3 Å². The summed E-state index contributed by atoms with van der Waals surface area (Å²) in [5.74, 6) is 1.47.